The van der Waals surface area contributed by atoms with Crippen LogP contribution in [-0.4, -0.2) is 44.9 Å². The predicted molar refractivity (Wildman–Crippen MR) is 60.6 cm³/mol. The van der Waals surface area contributed by atoms with Gasteiger partial charge in [-0.1, -0.05) is 0 Å². The molecule has 90 valence electrons. The number of aliphatic hydroxyl groups excluding tert-OH is 1. The molecule has 1 rings (SSSR count). The maximum atomic E-state index is 11.9. The van der Waals surface area contributed by atoms with Gasteiger partial charge >= 0.3 is 0 Å². The van der Waals surface area contributed by atoms with E-state index in [1.54, 1.807) is 11.1 Å². The molecular weight excluding hydrogens is 208 g/mol. The fourth-order valence-corrected chi connectivity index (χ4v) is 1.47. The van der Waals surface area contributed by atoms with Crippen molar-refractivity contribution in [2.45, 2.75) is 26.4 Å². The van der Waals surface area contributed by atoms with Crippen molar-refractivity contribution in [3.8, 4) is 0 Å². The van der Waals surface area contributed by atoms with Crippen LogP contribution in [0.2, 0.25) is 0 Å². The van der Waals surface area contributed by atoms with E-state index in [1.807, 2.05) is 13.8 Å². The first kappa shape index (κ1) is 12.5. The largest absolute Gasteiger partial charge is 0.396 e. The molecule has 6 nitrogen and oxygen atoms in total. The molecule has 0 aliphatic carbocycles. The number of nitrogens with two attached hydrogens (primary N) is 1. The molecule has 0 bridgehead atoms. The summed E-state index contributed by atoms with van der Waals surface area (Å²) in [4.78, 5) is 13.5. The zero-order valence-electron chi connectivity index (χ0n) is 9.63. The van der Waals surface area contributed by atoms with Crippen LogP contribution in [0.4, 0.5) is 5.69 Å². The van der Waals surface area contributed by atoms with Crippen LogP contribution in [0.25, 0.3) is 0 Å². The standard InChI is InChI=1S/C10H18N4O2/c1-8(2)14(3-4-15)10(16)7-13-6-9(11)5-12-13/h5-6,8,15H,3-4,7,11H2,1-2H3. The second-order valence-corrected chi connectivity index (χ2v) is 3.88. The smallest absolute Gasteiger partial charge is 0.244 e. The predicted octanol–water partition coefficient (Wildman–Crippen LogP) is -0.305. The Morgan fingerprint density at radius 2 is 2.38 bits per heavy atom. The highest BCUT2D eigenvalue weighted by atomic mass is 16.3. The number of aromatic nitrogens is 2. The number of hydrogen-bond acceptors (Lipinski definition) is 4. The first-order valence-corrected chi connectivity index (χ1v) is 5.23. The van der Waals surface area contributed by atoms with E-state index in [4.69, 9.17) is 10.8 Å². The van der Waals surface area contributed by atoms with Gasteiger partial charge in [-0.2, -0.15) is 5.10 Å². The molecule has 6 heteroatoms. The van der Waals surface area contributed by atoms with Crippen molar-refractivity contribution in [1.82, 2.24) is 14.7 Å². The first-order valence-electron chi connectivity index (χ1n) is 5.23. The molecule has 1 amide bonds. The highest BCUT2D eigenvalue weighted by Crippen LogP contribution is 2.02. The third-order valence-electron chi connectivity index (χ3n) is 2.24. The van der Waals surface area contributed by atoms with E-state index >= 15 is 0 Å². The summed E-state index contributed by atoms with van der Waals surface area (Å²) in [7, 11) is 0. The summed E-state index contributed by atoms with van der Waals surface area (Å²) in [5.74, 6) is -0.0767. The molecule has 0 atom stereocenters. The van der Waals surface area contributed by atoms with Crippen LogP contribution in [0.5, 0.6) is 0 Å². The van der Waals surface area contributed by atoms with Gasteiger partial charge in [-0.3, -0.25) is 9.48 Å². The van der Waals surface area contributed by atoms with Crippen molar-refractivity contribution in [3.05, 3.63) is 12.4 Å². The summed E-state index contributed by atoms with van der Waals surface area (Å²) >= 11 is 0. The van der Waals surface area contributed by atoms with E-state index in [0.29, 0.717) is 12.2 Å². The minimum atomic E-state index is -0.0767. The van der Waals surface area contributed by atoms with Gasteiger partial charge in [-0.05, 0) is 13.8 Å². The Hall–Kier alpha value is -1.56. The summed E-state index contributed by atoms with van der Waals surface area (Å²) < 4.78 is 1.49. The number of aliphatic hydroxyl groups is 1. The second-order valence-electron chi connectivity index (χ2n) is 3.88. The first-order chi connectivity index (χ1) is 7.54. The van der Waals surface area contributed by atoms with Crippen molar-refractivity contribution in [1.29, 1.82) is 0 Å². The van der Waals surface area contributed by atoms with Crippen molar-refractivity contribution in [3.63, 3.8) is 0 Å². The Morgan fingerprint density at radius 1 is 1.69 bits per heavy atom. The van der Waals surface area contributed by atoms with Gasteiger partial charge in [0.1, 0.15) is 6.54 Å². The number of carbonyl (C=O) groups is 1. The Morgan fingerprint density at radius 3 is 2.81 bits per heavy atom. The monoisotopic (exact) mass is 226 g/mol. The molecule has 0 saturated carbocycles. The van der Waals surface area contributed by atoms with Crippen molar-refractivity contribution < 1.29 is 9.90 Å². The quantitative estimate of drug-likeness (QED) is 0.721. The molecule has 0 fully saturated rings. The molecule has 1 heterocycles. The number of anilines is 1. The number of amides is 1. The van der Waals surface area contributed by atoms with E-state index in [-0.39, 0.29) is 25.1 Å². The average Bonchev–Trinajstić information content (AvgIpc) is 2.59. The molecule has 0 saturated heterocycles. The Kier molecular flexibility index (Phi) is 4.30. The van der Waals surface area contributed by atoms with Gasteiger partial charge in [0.25, 0.3) is 0 Å². The lowest BCUT2D eigenvalue weighted by Crippen LogP contribution is -2.41. The minimum absolute atomic E-state index is 0.0365. The highest BCUT2D eigenvalue weighted by Gasteiger charge is 2.16. The zero-order chi connectivity index (χ0) is 12.1. The van der Waals surface area contributed by atoms with E-state index in [1.165, 1.54) is 10.9 Å². The van der Waals surface area contributed by atoms with Crippen LogP contribution < -0.4 is 5.73 Å². The molecule has 3 N–H and O–H groups in total. The van der Waals surface area contributed by atoms with Gasteiger partial charge in [-0.25, -0.2) is 0 Å². The van der Waals surface area contributed by atoms with Crippen LogP contribution in [0.15, 0.2) is 12.4 Å². The number of hydrogen-bond donors (Lipinski definition) is 2. The number of nitrogens with zero attached hydrogens (tertiary/aromatic N) is 3. The van der Waals surface area contributed by atoms with Gasteiger partial charge < -0.3 is 15.7 Å². The number of rotatable bonds is 5. The third-order valence-corrected chi connectivity index (χ3v) is 2.24. The summed E-state index contributed by atoms with van der Waals surface area (Å²) in [6.07, 6.45) is 3.11. The van der Waals surface area contributed by atoms with Crippen molar-refractivity contribution >= 4 is 11.6 Å². The van der Waals surface area contributed by atoms with Gasteiger partial charge in [-0.15, -0.1) is 0 Å². The fourth-order valence-electron chi connectivity index (χ4n) is 1.47. The van der Waals surface area contributed by atoms with Gasteiger partial charge in [0, 0.05) is 18.8 Å². The molecule has 0 aromatic carbocycles. The van der Waals surface area contributed by atoms with E-state index < -0.39 is 0 Å². The lowest BCUT2D eigenvalue weighted by Gasteiger charge is -2.25. The SMILES string of the molecule is CC(C)N(CCO)C(=O)Cn1cc(N)cn1. The molecule has 16 heavy (non-hydrogen) atoms. The Bertz CT molecular complexity index is 348. The topological polar surface area (TPSA) is 84.4 Å². The van der Waals surface area contributed by atoms with Crippen LogP contribution in [0, 0.1) is 0 Å². The lowest BCUT2D eigenvalue weighted by molar-refractivity contribution is -0.134. The minimum Gasteiger partial charge on any atom is -0.396 e. The Balaban J connectivity index is 2.61. The molecule has 1 aromatic heterocycles. The molecule has 0 aliphatic heterocycles. The van der Waals surface area contributed by atoms with E-state index in [9.17, 15) is 4.79 Å². The molecular formula is C10H18N4O2. The van der Waals surface area contributed by atoms with Gasteiger partial charge in [0.2, 0.25) is 5.91 Å². The normalized spacial score (nSPS) is 10.8. The molecule has 0 radical (unpaired) electrons. The second kappa shape index (κ2) is 5.50. The lowest BCUT2D eigenvalue weighted by atomic mass is 10.3. The summed E-state index contributed by atoms with van der Waals surface area (Å²) in [6, 6.07) is 0.0626. The zero-order valence-corrected chi connectivity index (χ0v) is 9.63. The average molecular weight is 226 g/mol. The van der Waals surface area contributed by atoms with Crippen LogP contribution in [-0.2, 0) is 11.3 Å². The van der Waals surface area contributed by atoms with E-state index in [0.717, 1.165) is 0 Å². The maximum Gasteiger partial charge on any atom is 0.244 e. The maximum absolute atomic E-state index is 11.9. The van der Waals surface area contributed by atoms with Gasteiger partial charge in [0.05, 0.1) is 18.5 Å². The highest BCUT2D eigenvalue weighted by molar-refractivity contribution is 5.76. The fraction of sp³-hybridized carbons (Fsp3) is 0.600. The molecule has 0 unspecified atom stereocenters. The van der Waals surface area contributed by atoms with Crippen LogP contribution in [0.1, 0.15) is 13.8 Å². The molecule has 0 aliphatic rings. The van der Waals surface area contributed by atoms with Crippen LogP contribution in [0.3, 0.4) is 0 Å². The summed E-state index contributed by atoms with van der Waals surface area (Å²) in [6.45, 7) is 4.27. The summed E-state index contributed by atoms with van der Waals surface area (Å²) in [5.41, 5.74) is 6.03. The molecule has 1 aromatic rings. The number of nitrogen functional groups attached to an aromatic ring is 1. The van der Waals surface area contributed by atoms with Crippen molar-refractivity contribution in [2.75, 3.05) is 18.9 Å². The van der Waals surface area contributed by atoms with E-state index in [2.05, 4.69) is 5.10 Å². The van der Waals surface area contributed by atoms with Crippen molar-refractivity contribution in [2.24, 2.45) is 0 Å². The summed E-state index contributed by atoms with van der Waals surface area (Å²) in [5, 5.41) is 12.8. The Labute approximate surface area is 94.6 Å². The number of carbonyl (C=O) groups excluding carboxylic acids is 1. The molecule has 0 spiro atoms. The third kappa shape index (κ3) is 3.23. The van der Waals surface area contributed by atoms with Gasteiger partial charge in [0.15, 0.2) is 0 Å². The van der Waals surface area contributed by atoms with Crippen LogP contribution >= 0.6 is 0 Å².